The van der Waals surface area contributed by atoms with E-state index in [2.05, 4.69) is 16.7 Å². The van der Waals surface area contributed by atoms with Crippen molar-refractivity contribution in [3.63, 3.8) is 0 Å². The van der Waals surface area contributed by atoms with E-state index in [1.165, 1.54) is 6.92 Å². The first-order valence-electron chi connectivity index (χ1n) is 9.26. The number of hydrogen-bond acceptors (Lipinski definition) is 5. The Balaban J connectivity index is 0.000000806. The highest BCUT2D eigenvalue weighted by molar-refractivity contribution is 5.97. The summed E-state index contributed by atoms with van der Waals surface area (Å²) in [6, 6.07) is 11.4. The maximum Gasteiger partial charge on any atom is 0.290 e. The summed E-state index contributed by atoms with van der Waals surface area (Å²) in [5.74, 6) is 1.15. The van der Waals surface area contributed by atoms with Gasteiger partial charge in [-0.05, 0) is 35.4 Å². The van der Waals surface area contributed by atoms with Crippen molar-refractivity contribution in [2.45, 2.75) is 19.3 Å². The molecule has 2 heterocycles. The lowest BCUT2D eigenvalue weighted by molar-refractivity contribution is -0.123. The molecule has 4 rings (SSSR count). The highest BCUT2D eigenvalue weighted by Gasteiger charge is 2.30. The fourth-order valence-electron chi connectivity index (χ4n) is 3.64. The van der Waals surface area contributed by atoms with Gasteiger partial charge in [-0.3, -0.25) is 14.4 Å². The monoisotopic (exact) mass is 410 g/mol. The molecule has 2 amide bonds. The molecule has 0 spiro atoms. The molecule has 3 N–H and O–H groups in total. The molecule has 0 fully saturated rings. The molecule has 0 radical (unpaired) electrons. The van der Waals surface area contributed by atoms with Crippen molar-refractivity contribution < 1.29 is 29.0 Å². The smallest absolute Gasteiger partial charge is 0.290 e. The maximum atomic E-state index is 12.3. The van der Waals surface area contributed by atoms with E-state index in [1.54, 1.807) is 13.2 Å². The van der Waals surface area contributed by atoms with Gasteiger partial charge in [-0.1, -0.05) is 18.2 Å². The molecule has 0 aliphatic carbocycles. The number of benzene rings is 2. The van der Waals surface area contributed by atoms with Gasteiger partial charge in [0, 0.05) is 36.2 Å². The first-order chi connectivity index (χ1) is 14.5. The van der Waals surface area contributed by atoms with E-state index in [0.29, 0.717) is 24.5 Å². The Hall–Kier alpha value is -3.81. The number of carbonyl (C=O) groups is 3. The van der Waals surface area contributed by atoms with Gasteiger partial charge in [-0.25, -0.2) is 0 Å². The summed E-state index contributed by atoms with van der Waals surface area (Å²) in [4.78, 5) is 31.9. The average molecular weight is 410 g/mol. The SMILES string of the molecule is COc1cccc2c1OCC(C1CC(=O)Nc3cc(NC(C)=O)ccc31)=C2.O=CO. The average Bonchev–Trinajstić information content (AvgIpc) is 2.72. The standard InChI is InChI=1S/C21H20N2O4.CH2O2/c1-12(24)22-15-6-7-16-17(10-20(25)23-18(16)9-15)14-8-13-4-3-5-19(26-2)21(13)27-11-14;2-1-3/h3-9,17H,10-11H2,1-2H3,(H,22,24)(H,23,25);1H,(H,2,3). The number of anilines is 2. The first-order valence-corrected chi connectivity index (χ1v) is 9.26. The van der Waals surface area contributed by atoms with E-state index < -0.39 is 0 Å². The number of para-hydroxylation sites is 1. The minimum absolute atomic E-state index is 0.0511. The van der Waals surface area contributed by atoms with Gasteiger partial charge in [-0.15, -0.1) is 0 Å². The van der Waals surface area contributed by atoms with Gasteiger partial charge in [0.05, 0.1) is 7.11 Å². The summed E-state index contributed by atoms with van der Waals surface area (Å²) < 4.78 is 11.3. The molecule has 0 saturated carbocycles. The molecule has 2 aliphatic rings. The van der Waals surface area contributed by atoms with Gasteiger partial charge in [0.1, 0.15) is 6.61 Å². The van der Waals surface area contributed by atoms with Crippen LogP contribution in [-0.4, -0.2) is 37.1 Å². The molecule has 0 aromatic heterocycles. The second-order valence-corrected chi connectivity index (χ2v) is 6.78. The van der Waals surface area contributed by atoms with E-state index in [4.69, 9.17) is 19.4 Å². The van der Waals surface area contributed by atoms with E-state index in [0.717, 1.165) is 28.1 Å². The van der Waals surface area contributed by atoms with Crippen LogP contribution in [0.4, 0.5) is 11.4 Å². The summed E-state index contributed by atoms with van der Waals surface area (Å²) in [7, 11) is 1.62. The van der Waals surface area contributed by atoms with Crippen molar-refractivity contribution in [2.24, 2.45) is 0 Å². The Morgan fingerprint density at radius 2 is 2.10 bits per heavy atom. The Morgan fingerprint density at radius 1 is 1.33 bits per heavy atom. The largest absolute Gasteiger partial charge is 0.493 e. The summed E-state index contributed by atoms with van der Waals surface area (Å²) >= 11 is 0. The fraction of sp³-hybridized carbons (Fsp3) is 0.227. The van der Waals surface area contributed by atoms with Crippen molar-refractivity contribution in [3.05, 3.63) is 53.1 Å². The van der Waals surface area contributed by atoms with Crippen molar-refractivity contribution in [2.75, 3.05) is 24.4 Å². The summed E-state index contributed by atoms with van der Waals surface area (Å²) in [6.07, 6.45) is 2.44. The van der Waals surface area contributed by atoms with Crippen LogP contribution in [-0.2, 0) is 14.4 Å². The molecule has 1 atom stereocenters. The summed E-state index contributed by atoms with van der Waals surface area (Å²) in [6.45, 7) is 1.61. The van der Waals surface area contributed by atoms with Crippen LogP contribution in [0, 0.1) is 0 Å². The Labute approximate surface area is 173 Å². The van der Waals surface area contributed by atoms with E-state index in [9.17, 15) is 9.59 Å². The molecule has 0 saturated heterocycles. The highest BCUT2D eigenvalue weighted by Crippen LogP contribution is 2.43. The van der Waals surface area contributed by atoms with Crippen LogP contribution in [0.2, 0.25) is 0 Å². The van der Waals surface area contributed by atoms with E-state index >= 15 is 0 Å². The first kappa shape index (κ1) is 20.9. The van der Waals surface area contributed by atoms with Crippen LogP contribution in [0.3, 0.4) is 0 Å². The number of methoxy groups -OCH3 is 1. The number of amides is 2. The summed E-state index contributed by atoms with van der Waals surface area (Å²) in [5.41, 5.74) is 4.38. The quantitative estimate of drug-likeness (QED) is 0.670. The lowest BCUT2D eigenvalue weighted by Crippen LogP contribution is -2.26. The van der Waals surface area contributed by atoms with Gasteiger partial charge >= 0.3 is 0 Å². The van der Waals surface area contributed by atoms with E-state index in [-0.39, 0.29) is 24.2 Å². The van der Waals surface area contributed by atoms with Crippen molar-refractivity contribution in [1.82, 2.24) is 0 Å². The van der Waals surface area contributed by atoms with Gasteiger partial charge in [0.15, 0.2) is 11.5 Å². The number of carboxylic acid groups (broad SMARTS) is 1. The van der Waals surface area contributed by atoms with Crippen molar-refractivity contribution >= 4 is 35.7 Å². The number of nitrogens with one attached hydrogen (secondary N) is 2. The molecule has 30 heavy (non-hydrogen) atoms. The third kappa shape index (κ3) is 4.43. The lowest BCUT2D eigenvalue weighted by Gasteiger charge is -2.30. The molecule has 2 aliphatic heterocycles. The zero-order valence-electron chi connectivity index (χ0n) is 16.6. The molecular weight excluding hydrogens is 388 g/mol. The minimum atomic E-state index is -0.250. The molecule has 0 bridgehead atoms. The minimum Gasteiger partial charge on any atom is -0.493 e. The van der Waals surface area contributed by atoms with Crippen LogP contribution < -0.4 is 20.1 Å². The van der Waals surface area contributed by atoms with Crippen LogP contribution in [0.1, 0.15) is 30.4 Å². The topological polar surface area (TPSA) is 114 Å². The predicted molar refractivity (Wildman–Crippen MR) is 112 cm³/mol. The van der Waals surface area contributed by atoms with Gasteiger partial charge in [0.25, 0.3) is 6.47 Å². The van der Waals surface area contributed by atoms with Gasteiger partial charge in [-0.2, -0.15) is 0 Å². The number of fused-ring (bicyclic) bond motifs is 2. The Morgan fingerprint density at radius 3 is 2.80 bits per heavy atom. The van der Waals surface area contributed by atoms with Crippen LogP contribution in [0.5, 0.6) is 11.5 Å². The van der Waals surface area contributed by atoms with Gasteiger partial charge in [0.2, 0.25) is 11.8 Å². The lowest BCUT2D eigenvalue weighted by atomic mass is 9.83. The van der Waals surface area contributed by atoms with E-state index in [1.807, 2.05) is 30.3 Å². The molecule has 2 aromatic rings. The molecule has 156 valence electrons. The number of rotatable bonds is 3. The maximum absolute atomic E-state index is 12.3. The predicted octanol–water partition coefficient (Wildman–Crippen LogP) is 3.26. The van der Waals surface area contributed by atoms with Gasteiger partial charge < -0.3 is 25.2 Å². The van der Waals surface area contributed by atoms with Crippen LogP contribution >= 0.6 is 0 Å². The molecule has 8 nitrogen and oxygen atoms in total. The van der Waals surface area contributed by atoms with Crippen LogP contribution in [0.15, 0.2) is 42.0 Å². The third-order valence-electron chi connectivity index (χ3n) is 4.81. The second kappa shape index (κ2) is 9.13. The van der Waals surface area contributed by atoms with Crippen molar-refractivity contribution in [1.29, 1.82) is 0 Å². The molecule has 2 aromatic carbocycles. The highest BCUT2D eigenvalue weighted by atomic mass is 16.5. The zero-order chi connectivity index (χ0) is 21.7. The third-order valence-corrected chi connectivity index (χ3v) is 4.81. The number of carbonyl (C=O) groups excluding carboxylic acids is 2. The zero-order valence-corrected chi connectivity index (χ0v) is 16.6. The van der Waals surface area contributed by atoms with Crippen LogP contribution in [0.25, 0.3) is 6.08 Å². The summed E-state index contributed by atoms with van der Waals surface area (Å²) in [5, 5.41) is 12.5. The Bertz CT molecular complexity index is 1010. The molecule has 8 heteroatoms. The number of hydrogen-bond donors (Lipinski definition) is 3. The molecular formula is C22H22N2O6. The van der Waals surface area contributed by atoms with Crippen molar-refractivity contribution in [3.8, 4) is 11.5 Å². The second-order valence-electron chi connectivity index (χ2n) is 6.78. The molecule has 1 unspecified atom stereocenters. The normalized spacial score (nSPS) is 16.3. The Kier molecular flexibility index (Phi) is 6.36. The fourth-order valence-corrected chi connectivity index (χ4v) is 3.64. The number of ether oxygens (including phenoxy) is 2.